The average Bonchev–Trinajstić information content (AvgIpc) is 2.41. The number of hydrogen-bond donors (Lipinski definition) is 1. The number of aryl methyl sites for hydroxylation is 2. The van der Waals surface area contributed by atoms with E-state index in [0.717, 1.165) is 18.2 Å². The van der Waals surface area contributed by atoms with Gasteiger partial charge in [-0.1, -0.05) is 0 Å². The highest BCUT2D eigenvalue weighted by molar-refractivity contribution is 5.28. The average molecular weight is 210 g/mol. The van der Waals surface area contributed by atoms with Gasteiger partial charge in [-0.2, -0.15) is 0 Å². The second kappa shape index (κ2) is 4.23. The molecule has 1 heterocycles. The summed E-state index contributed by atoms with van der Waals surface area (Å²) in [5.74, 6) is 0.933. The Kier molecular flexibility index (Phi) is 3.39. The molecule has 0 unspecified atom stereocenters. The van der Waals surface area contributed by atoms with Gasteiger partial charge in [0.25, 0.3) is 0 Å². The van der Waals surface area contributed by atoms with Crippen LogP contribution in [-0.2, 0) is 7.05 Å². The molecule has 0 amide bonds. The molecule has 4 nitrogen and oxygen atoms in total. The Bertz CT molecular complexity index is 325. The Hall–Kier alpha value is -1.03. The van der Waals surface area contributed by atoms with E-state index in [4.69, 9.17) is 0 Å². The number of anilines is 1. The van der Waals surface area contributed by atoms with Gasteiger partial charge in [0, 0.05) is 25.3 Å². The molecule has 0 bridgehead atoms. The standard InChI is InChI=1S/C11H22N4/c1-9-7-15(6)10(13-9)12-8-11(2,3)14(4)5/h7H,8H2,1-6H3,(H,12,13). The molecule has 0 atom stereocenters. The normalized spacial score (nSPS) is 12.2. The maximum atomic E-state index is 4.41. The molecule has 0 spiro atoms. The van der Waals surface area contributed by atoms with Crippen LogP contribution in [0.2, 0.25) is 0 Å². The van der Waals surface area contributed by atoms with Crippen molar-refractivity contribution in [3.8, 4) is 0 Å². The monoisotopic (exact) mass is 210 g/mol. The molecule has 0 aliphatic heterocycles. The van der Waals surface area contributed by atoms with Crippen molar-refractivity contribution in [2.75, 3.05) is 26.0 Å². The summed E-state index contributed by atoms with van der Waals surface area (Å²) in [6.07, 6.45) is 2.02. The Labute approximate surface area is 92.3 Å². The SMILES string of the molecule is Cc1cn(C)c(NCC(C)(C)N(C)C)n1. The highest BCUT2D eigenvalue weighted by atomic mass is 15.2. The lowest BCUT2D eigenvalue weighted by molar-refractivity contribution is 0.209. The van der Waals surface area contributed by atoms with E-state index in [0.29, 0.717) is 0 Å². The van der Waals surface area contributed by atoms with E-state index < -0.39 is 0 Å². The molecule has 4 heteroatoms. The van der Waals surface area contributed by atoms with E-state index in [9.17, 15) is 0 Å². The Morgan fingerprint density at radius 1 is 1.47 bits per heavy atom. The van der Waals surface area contributed by atoms with E-state index in [2.05, 4.69) is 43.1 Å². The van der Waals surface area contributed by atoms with E-state index in [1.54, 1.807) is 0 Å². The molecule has 86 valence electrons. The van der Waals surface area contributed by atoms with Crippen molar-refractivity contribution >= 4 is 5.95 Å². The lowest BCUT2D eigenvalue weighted by Crippen LogP contribution is -2.44. The summed E-state index contributed by atoms with van der Waals surface area (Å²) in [5.41, 5.74) is 1.17. The molecule has 0 saturated heterocycles. The first-order valence-corrected chi connectivity index (χ1v) is 5.24. The maximum absolute atomic E-state index is 4.41. The largest absolute Gasteiger partial charge is 0.354 e. The first-order valence-electron chi connectivity index (χ1n) is 5.24. The van der Waals surface area contributed by atoms with Crippen LogP contribution in [-0.4, -0.2) is 40.6 Å². The highest BCUT2D eigenvalue weighted by Crippen LogP contribution is 2.12. The molecule has 15 heavy (non-hydrogen) atoms. The van der Waals surface area contributed by atoms with Crippen LogP contribution in [0.1, 0.15) is 19.5 Å². The number of aromatic nitrogens is 2. The van der Waals surface area contributed by atoms with Crippen molar-refractivity contribution in [1.29, 1.82) is 0 Å². The van der Waals surface area contributed by atoms with Gasteiger partial charge in [0.2, 0.25) is 5.95 Å². The number of rotatable bonds is 4. The Balaban J connectivity index is 2.61. The molecule has 0 aliphatic carbocycles. The minimum absolute atomic E-state index is 0.125. The van der Waals surface area contributed by atoms with Crippen molar-refractivity contribution in [3.05, 3.63) is 11.9 Å². The smallest absolute Gasteiger partial charge is 0.202 e. The zero-order chi connectivity index (χ0) is 11.6. The van der Waals surface area contributed by atoms with Crippen molar-refractivity contribution in [1.82, 2.24) is 14.5 Å². The summed E-state index contributed by atoms with van der Waals surface area (Å²) >= 11 is 0. The van der Waals surface area contributed by atoms with Gasteiger partial charge in [0.1, 0.15) is 0 Å². The van der Waals surface area contributed by atoms with Crippen molar-refractivity contribution in [2.45, 2.75) is 26.3 Å². The second-order valence-corrected chi connectivity index (χ2v) is 4.88. The molecular formula is C11H22N4. The third kappa shape index (κ3) is 2.96. The molecule has 1 aromatic heterocycles. The van der Waals surface area contributed by atoms with Crippen LogP contribution in [0.15, 0.2) is 6.20 Å². The first-order chi connectivity index (χ1) is 6.83. The Morgan fingerprint density at radius 3 is 2.47 bits per heavy atom. The maximum Gasteiger partial charge on any atom is 0.202 e. The lowest BCUT2D eigenvalue weighted by Gasteiger charge is -2.32. The first kappa shape index (κ1) is 12.0. The molecule has 0 aliphatic rings. The topological polar surface area (TPSA) is 33.1 Å². The van der Waals surface area contributed by atoms with E-state index in [-0.39, 0.29) is 5.54 Å². The number of likely N-dealkylation sites (N-methyl/N-ethyl adjacent to an activating group) is 1. The van der Waals surface area contributed by atoms with Gasteiger partial charge in [-0.25, -0.2) is 4.98 Å². The molecule has 1 aromatic rings. The fraction of sp³-hybridized carbons (Fsp3) is 0.727. The minimum atomic E-state index is 0.125. The van der Waals surface area contributed by atoms with Gasteiger partial charge in [0.05, 0.1) is 5.69 Å². The van der Waals surface area contributed by atoms with Crippen LogP contribution >= 0.6 is 0 Å². The fourth-order valence-corrected chi connectivity index (χ4v) is 1.23. The van der Waals surface area contributed by atoms with Gasteiger partial charge in [-0.3, -0.25) is 0 Å². The zero-order valence-electron chi connectivity index (χ0n) is 10.6. The summed E-state index contributed by atoms with van der Waals surface area (Å²) in [6.45, 7) is 7.29. The van der Waals surface area contributed by atoms with Crippen LogP contribution in [0.3, 0.4) is 0 Å². The van der Waals surface area contributed by atoms with Gasteiger partial charge in [-0.15, -0.1) is 0 Å². The second-order valence-electron chi connectivity index (χ2n) is 4.88. The molecule has 0 fully saturated rings. The number of nitrogens with zero attached hydrogens (tertiary/aromatic N) is 3. The third-order valence-electron chi connectivity index (χ3n) is 2.89. The summed E-state index contributed by atoms with van der Waals surface area (Å²) in [6, 6.07) is 0. The van der Waals surface area contributed by atoms with E-state index in [1.165, 1.54) is 0 Å². The predicted molar refractivity (Wildman–Crippen MR) is 64.2 cm³/mol. The lowest BCUT2D eigenvalue weighted by atomic mass is 10.1. The van der Waals surface area contributed by atoms with Gasteiger partial charge in [-0.05, 0) is 34.9 Å². The Morgan fingerprint density at radius 2 is 2.07 bits per heavy atom. The summed E-state index contributed by atoms with van der Waals surface area (Å²) < 4.78 is 2.01. The van der Waals surface area contributed by atoms with Gasteiger partial charge < -0.3 is 14.8 Å². The number of nitrogens with one attached hydrogen (secondary N) is 1. The molecule has 1 rings (SSSR count). The summed E-state index contributed by atoms with van der Waals surface area (Å²) in [5, 5.41) is 3.37. The van der Waals surface area contributed by atoms with Gasteiger partial charge >= 0.3 is 0 Å². The highest BCUT2D eigenvalue weighted by Gasteiger charge is 2.20. The molecule has 0 saturated carbocycles. The van der Waals surface area contributed by atoms with E-state index >= 15 is 0 Å². The number of imidazole rings is 1. The molecule has 1 N–H and O–H groups in total. The molecule has 0 aromatic carbocycles. The van der Waals surface area contributed by atoms with Gasteiger partial charge in [0.15, 0.2) is 0 Å². The number of hydrogen-bond acceptors (Lipinski definition) is 3. The predicted octanol–water partition coefficient (Wildman–Crippen LogP) is 1.48. The minimum Gasteiger partial charge on any atom is -0.354 e. The van der Waals surface area contributed by atoms with Crippen LogP contribution in [0.25, 0.3) is 0 Å². The van der Waals surface area contributed by atoms with E-state index in [1.807, 2.05) is 24.7 Å². The fourth-order valence-electron chi connectivity index (χ4n) is 1.23. The van der Waals surface area contributed by atoms with Crippen molar-refractivity contribution in [2.24, 2.45) is 7.05 Å². The van der Waals surface area contributed by atoms with Crippen LogP contribution in [0.4, 0.5) is 5.95 Å². The van der Waals surface area contributed by atoms with Crippen molar-refractivity contribution in [3.63, 3.8) is 0 Å². The summed E-state index contributed by atoms with van der Waals surface area (Å²) in [4.78, 5) is 6.61. The van der Waals surface area contributed by atoms with Crippen LogP contribution < -0.4 is 5.32 Å². The zero-order valence-corrected chi connectivity index (χ0v) is 10.6. The molecular weight excluding hydrogens is 188 g/mol. The quantitative estimate of drug-likeness (QED) is 0.817. The third-order valence-corrected chi connectivity index (χ3v) is 2.89. The molecule has 0 radical (unpaired) electrons. The van der Waals surface area contributed by atoms with Crippen molar-refractivity contribution < 1.29 is 0 Å². The van der Waals surface area contributed by atoms with Crippen LogP contribution in [0.5, 0.6) is 0 Å². The summed E-state index contributed by atoms with van der Waals surface area (Å²) in [7, 11) is 6.18. The van der Waals surface area contributed by atoms with Crippen LogP contribution in [0, 0.1) is 6.92 Å².